The first kappa shape index (κ1) is 28.1. The minimum absolute atomic E-state index is 0.174. The Kier molecular flexibility index (Phi) is 9.15. The van der Waals surface area contributed by atoms with Crippen molar-refractivity contribution in [1.29, 1.82) is 0 Å². The van der Waals surface area contributed by atoms with E-state index in [0.29, 0.717) is 32.1 Å². The molecule has 0 aliphatic heterocycles. The summed E-state index contributed by atoms with van der Waals surface area (Å²) in [5.74, 6) is 1.98. The fourth-order valence-corrected chi connectivity index (χ4v) is 5.40. The number of hydrogen-bond acceptors (Lipinski definition) is 5. The second kappa shape index (κ2) is 11.1. The molecule has 0 aromatic heterocycles. The zero-order valence-electron chi connectivity index (χ0n) is 22.5. The highest BCUT2D eigenvalue weighted by molar-refractivity contribution is 5.88. The molecule has 190 valence electrons. The summed E-state index contributed by atoms with van der Waals surface area (Å²) in [6.07, 6.45) is 6.98. The van der Waals surface area contributed by atoms with E-state index in [9.17, 15) is 14.7 Å². The number of Topliss-reactive ketones (excluding diaryl/α,β-unsaturated/α-hetero) is 2. The molecule has 2 rings (SSSR count). The van der Waals surface area contributed by atoms with Crippen molar-refractivity contribution in [2.75, 3.05) is 14.2 Å². The summed E-state index contributed by atoms with van der Waals surface area (Å²) >= 11 is 0. The first-order chi connectivity index (χ1) is 15.7. The van der Waals surface area contributed by atoms with Gasteiger partial charge in [0.1, 0.15) is 23.1 Å². The average Bonchev–Trinajstić information content (AvgIpc) is 3.04. The van der Waals surface area contributed by atoms with Gasteiger partial charge in [0.2, 0.25) is 0 Å². The van der Waals surface area contributed by atoms with Crippen molar-refractivity contribution in [3.8, 4) is 11.5 Å². The number of aryl methyl sites for hydroxylation is 1. The van der Waals surface area contributed by atoms with Crippen molar-refractivity contribution >= 4 is 11.6 Å². The van der Waals surface area contributed by atoms with E-state index in [1.807, 2.05) is 32.9 Å². The number of carbonyl (C=O) groups is 2. The van der Waals surface area contributed by atoms with E-state index in [2.05, 4.69) is 13.0 Å². The summed E-state index contributed by atoms with van der Waals surface area (Å²) in [6.45, 7) is 11.6. The quantitative estimate of drug-likeness (QED) is 0.368. The Morgan fingerprint density at radius 2 is 1.82 bits per heavy atom. The third kappa shape index (κ3) is 6.71. The lowest BCUT2D eigenvalue weighted by Crippen LogP contribution is -2.41. The van der Waals surface area contributed by atoms with E-state index in [4.69, 9.17) is 9.47 Å². The fourth-order valence-electron chi connectivity index (χ4n) is 5.40. The van der Waals surface area contributed by atoms with Crippen LogP contribution in [0.2, 0.25) is 0 Å². The number of hydrogen-bond donors (Lipinski definition) is 1. The van der Waals surface area contributed by atoms with Gasteiger partial charge in [0, 0.05) is 30.2 Å². The highest BCUT2D eigenvalue weighted by Gasteiger charge is 2.53. The Hall–Kier alpha value is -2.14. The normalized spacial score (nSPS) is 23.1. The minimum atomic E-state index is -0.858. The molecule has 1 aromatic carbocycles. The molecular formula is C29H44O5. The van der Waals surface area contributed by atoms with Crippen LogP contribution in [0.4, 0.5) is 0 Å². The van der Waals surface area contributed by atoms with Crippen molar-refractivity contribution in [3.05, 3.63) is 34.9 Å². The SMILES string of the molecule is COc1cc(C)c(OC)c(CC=C(C)CC(=O)CC2(C)CCCC2(C)C(=O)CCC(C)(C)O)c1. The molecule has 2 atom stereocenters. The molecule has 1 aliphatic rings. The molecule has 0 heterocycles. The van der Waals surface area contributed by atoms with Crippen LogP contribution < -0.4 is 9.47 Å². The van der Waals surface area contributed by atoms with Gasteiger partial charge in [-0.2, -0.15) is 0 Å². The third-order valence-corrected chi connectivity index (χ3v) is 7.82. The molecule has 0 bridgehead atoms. The summed E-state index contributed by atoms with van der Waals surface area (Å²) in [5, 5.41) is 10.1. The van der Waals surface area contributed by atoms with E-state index < -0.39 is 11.0 Å². The van der Waals surface area contributed by atoms with E-state index >= 15 is 0 Å². The zero-order valence-corrected chi connectivity index (χ0v) is 22.5. The molecule has 0 spiro atoms. The highest BCUT2D eigenvalue weighted by Crippen LogP contribution is 2.56. The van der Waals surface area contributed by atoms with Gasteiger partial charge in [-0.15, -0.1) is 0 Å². The molecule has 5 nitrogen and oxygen atoms in total. The van der Waals surface area contributed by atoms with Gasteiger partial charge in [0.15, 0.2) is 0 Å². The number of rotatable bonds is 12. The maximum atomic E-state index is 13.2. The van der Waals surface area contributed by atoms with Crippen molar-refractivity contribution < 1.29 is 24.2 Å². The average molecular weight is 473 g/mol. The number of aliphatic hydroxyl groups is 1. The standard InChI is InChI=1S/C29H44O5/c1-20(10-11-22-18-24(33-7)17-21(2)26(22)34-8)16-23(30)19-28(5)13-9-14-29(28,6)25(31)12-15-27(3,4)32/h10,17-18,32H,9,11-16,19H2,1-8H3. The molecule has 5 heteroatoms. The second-order valence-corrected chi connectivity index (χ2v) is 11.3. The molecule has 34 heavy (non-hydrogen) atoms. The molecule has 0 saturated heterocycles. The van der Waals surface area contributed by atoms with Gasteiger partial charge in [-0.05, 0) is 76.5 Å². The summed E-state index contributed by atoms with van der Waals surface area (Å²) in [7, 11) is 3.32. The lowest BCUT2D eigenvalue weighted by Gasteiger charge is -2.40. The molecule has 1 fully saturated rings. The molecule has 0 amide bonds. The van der Waals surface area contributed by atoms with Gasteiger partial charge in [-0.1, -0.05) is 31.9 Å². The lowest BCUT2D eigenvalue weighted by molar-refractivity contribution is -0.136. The van der Waals surface area contributed by atoms with E-state index in [0.717, 1.165) is 47.5 Å². The van der Waals surface area contributed by atoms with Crippen LogP contribution in [0, 0.1) is 17.8 Å². The van der Waals surface area contributed by atoms with Crippen molar-refractivity contribution in [1.82, 2.24) is 0 Å². The molecule has 0 radical (unpaired) electrons. The molecule has 1 saturated carbocycles. The smallest absolute Gasteiger partial charge is 0.139 e. The van der Waals surface area contributed by atoms with Crippen LogP contribution in [-0.2, 0) is 16.0 Å². The largest absolute Gasteiger partial charge is 0.497 e. The van der Waals surface area contributed by atoms with E-state index in [1.54, 1.807) is 28.1 Å². The van der Waals surface area contributed by atoms with Crippen LogP contribution in [0.5, 0.6) is 11.5 Å². The summed E-state index contributed by atoms with van der Waals surface area (Å²) in [5.41, 5.74) is 1.35. The van der Waals surface area contributed by atoms with Gasteiger partial charge in [-0.3, -0.25) is 9.59 Å². The first-order valence-electron chi connectivity index (χ1n) is 12.4. The maximum absolute atomic E-state index is 13.2. The number of ether oxygens (including phenoxy) is 2. The zero-order chi connectivity index (χ0) is 25.7. The Morgan fingerprint density at radius 1 is 1.15 bits per heavy atom. The van der Waals surface area contributed by atoms with Crippen LogP contribution in [-0.4, -0.2) is 36.5 Å². The second-order valence-electron chi connectivity index (χ2n) is 11.3. The van der Waals surface area contributed by atoms with E-state index in [-0.39, 0.29) is 17.0 Å². The monoisotopic (exact) mass is 472 g/mol. The highest BCUT2D eigenvalue weighted by atomic mass is 16.5. The fraction of sp³-hybridized carbons (Fsp3) is 0.655. The number of carbonyl (C=O) groups excluding carboxylic acids is 2. The Bertz CT molecular complexity index is 923. The van der Waals surface area contributed by atoms with Crippen LogP contribution in [0.25, 0.3) is 0 Å². The van der Waals surface area contributed by atoms with Crippen LogP contribution in [0.1, 0.15) is 90.7 Å². The maximum Gasteiger partial charge on any atom is 0.139 e. The molecule has 1 aromatic rings. The predicted octanol–water partition coefficient (Wildman–Crippen LogP) is 6.17. The summed E-state index contributed by atoms with van der Waals surface area (Å²) in [6, 6.07) is 3.92. The number of ketones is 2. The topological polar surface area (TPSA) is 72.8 Å². The predicted molar refractivity (Wildman–Crippen MR) is 137 cm³/mol. The van der Waals surface area contributed by atoms with Crippen molar-refractivity contribution in [3.63, 3.8) is 0 Å². The summed E-state index contributed by atoms with van der Waals surface area (Å²) in [4.78, 5) is 26.3. The summed E-state index contributed by atoms with van der Waals surface area (Å²) < 4.78 is 11.0. The van der Waals surface area contributed by atoms with Gasteiger partial charge in [0.05, 0.1) is 19.8 Å². The van der Waals surface area contributed by atoms with Crippen LogP contribution >= 0.6 is 0 Å². The number of allylic oxidation sites excluding steroid dienone is 2. The van der Waals surface area contributed by atoms with Gasteiger partial charge >= 0.3 is 0 Å². The number of benzene rings is 1. The lowest BCUT2D eigenvalue weighted by atomic mass is 9.62. The Labute approximate surface area is 205 Å². The molecular weight excluding hydrogens is 428 g/mol. The van der Waals surface area contributed by atoms with E-state index in [1.165, 1.54) is 0 Å². The van der Waals surface area contributed by atoms with Crippen molar-refractivity contribution in [2.45, 2.75) is 98.5 Å². The molecule has 2 unspecified atom stereocenters. The van der Waals surface area contributed by atoms with Gasteiger partial charge in [-0.25, -0.2) is 0 Å². The van der Waals surface area contributed by atoms with Gasteiger partial charge < -0.3 is 14.6 Å². The minimum Gasteiger partial charge on any atom is -0.497 e. The molecule has 1 aliphatic carbocycles. The van der Waals surface area contributed by atoms with Crippen molar-refractivity contribution in [2.24, 2.45) is 10.8 Å². The first-order valence-corrected chi connectivity index (χ1v) is 12.4. The van der Waals surface area contributed by atoms with Crippen LogP contribution in [0.3, 0.4) is 0 Å². The Morgan fingerprint density at radius 3 is 2.41 bits per heavy atom. The third-order valence-electron chi connectivity index (χ3n) is 7.82. The molecule has 1 N–H and O–H groups in total. The Balaban J connectivity index is 2.07. The van der Waals surface area contributed by atoms with Crippen LogP contribution in [0.15, 0.2) is 23.8 Å². The number of methoxy groups -OCH3 is 2. The van der Waals surface area contributed by atoms with Gasteiger partial charge in [0.25, 0.3) is 0 Å².